The number of aromatic nitrogens is 2. The van der Waals surface area contributed by atoms with E-state index in [1.165, 1.54) is 26.0 Å². The molecule has 0 amide bonds. The highest BCUT2D eigenvalue weighted by molar-refractivity contribution is 7.52. The molecule has 1 aromatic carbocycles. The zero-order chi connectivity index (χ0) is 24.3. The maximum atomic E-state index is 14.7. The van der Waals surface area contributed by atoms with Crippen LogP contribution in [-0.2, 0) is 18.6 Å². The predicted molar refractivity (Wildman–Crippen MR) is 112 cm³/mol. The Kier molecular flexibility index (Phi) is 7.50. The van der Waals surface area contributed by atoms with E-state index in [4.69, 9.17) is 18.9 Å². The number of aliphatic carboxylic acids is 1. The van der Waals surface area contributed by atoms with Crippen LogP contribution in [0, 0.1) is 6.92 Å². The van der Waals surface area contributed by atoms with Crippen LogP contribution in [0.5, 0.6) is 5.75 Å². The zero-order valence-corrected chi connectivity index (χ0v) is 18.5. The van der Waals surface area contributed by atoms with Crippen molar-refractivity contribution < 1.29 is 37.7 Å². The van der Waals surface area contributed by atoms with Crippen molar-refractivity contribution in [2.45, 2.75) is 44.5 Å². The molecule has 180 valence electrons. The van der Waals surface area contributed by atoms with Crippen molar-refractivity contribution in [2.75, 3.05) is 6.61 Å². The van der Waals surface area contributed by atoms with Crippen molar-refractivity contribution in [1.29, 1.82) is 0 Å². The average molecular weight is 487 g/mol. The van der Waals surface area contributed by atoms with Crippen LogP contribution >= 0.6 is 7.75 Å². The first-order valence-corrected chi connectivity index (χ1v) is 11.3. The molecule has 1 saturated heterocycles. The summed E-state index contributed by atoms with van der Waals surface area (Å²) >= 11 is 0. The number of hydrogen-bond donors (Lipinski definition) is 4. The van der Waals surface area contributed by atoms with E-state index in [-0.39, 0.29) is 11.3 Å². The number of nitrogens with zero attached hydrogens (tertiary/aromatic N) is 1. The lowest BCUT2D eigenvalue weighted by atomic mass is 10.1. The summed E-state index contributed by atoms with van der Waals surface area (Å²) in [5.41, 5.74) is -1.48. The van der Waals surface area contributed by atoms with Gasteiger partial charge < -0.3 is 19.5 Å². The SMILES string of the molecule is Cc1cn([C@H]2O[C@@H](COP(=O)(N[C@@H](C)C(=O)O)Oc3ccccc3)[C@H](O)[C@H]2F)c(=O)[nH]c1=O. The first kappa shape index (κ1) is 24.8. The van der Waals surface area contributed by atoms with E-state index in [1.807, 2.05) is 4.98 Å². The summed E-state index contributed by atoms with van der Waals surface area (Å²) < 4.78 is 44.7. The predicted octanol–water partition coefficient (Wildman–Crippen LogP) is 0.708. The van der Waals surface area contributed by atoms with Gasteiger partial charge in [-0.15, -0.1) is 0 Å². The van der Waals surface area contributed by atoms with Gasteiger partial charge in [0.1, 0.15) is 24.0 Å². The molecule has 1 aliphatic heterocycles. The Hall–Kier alpha value is -2.83. The largest absolute Gasteiger partial charge is 0.480 e. The van der Waals surface area contributed by atoms with Gasteiger partial charge in [0.2, 0.25) is 0 Å². The van der Waals surface area contributed by atoms with Gasteiger partial charge in [0.25, 0.3) is 5.56 Å². The molecule has 1 aliphatic rings. The van der Waals surface area contributed by atoms with Crippen molar-refractivity contribution in [3.05, 3.63) is 62.9 Å². The van der Waals surface area contributed by atoms with Crippen molar-refractivity contribution in [2.24, 2.45) is 0 Å². The Morgan fingerprint density at radius 3 is 2.67 bits per heavy atom. The van der Waals surface area contributed by atoms with Crippen LogP contribution in [-0.4, -0.2) is 56.8 Å². The van der Waals surface area contributed by atoms with Crippen molar-refractivity contribution in [1.82, 2.24) is 14.6 Å². The summed E-state index contributed by atoms with van der Waals surface area (Å²) in [5, 5.41) is 21.6. The molecule has 4 N–H and O–H groups in total. The van der Waals surface area contributed by atoms with E-state index in [2.05, 4.69) is 5.09 Å². The molecule has 0 spiro atoms. The fourth-order valence-electron chi connectivity index (χ4n) is 3.01. The number of aliphatic hydroxyl groups is 1. The van der Waals surface area contributed by atoms with Gasteiger partial charge in [-0.1, -0.05) is 18.2 Å². The second-order valence-electron chi connectivity index (χ2n) is 7.37. The summed E-state index contributed by atoms with van der Waals surface area (Å²) in [4.78, 5) is 36.8. The molecule has 2 heterocycles. The Morgan fingerprint density at radius 2 is 2.03 bits per heavy atom. The molecule has 33 heavy (non-hydrogen) atoms. The van der Waals surface area contributed by atoms with Gasteiger partial charge in [0, 0.05) is 11.8 Å². The van der Waals surface area contributed by atoms with E-state index in [0.717, 1.165) is 10.8 Å². The molecule has 6 atom stereocenters. The third-order valence-corrected chi connectivity index (χ3v) is 6.46. The van der Waals surface area contributed by atoms with Crippen molar-refractivity contribution in [3.8, 4) is 5.75 Å². The van der Waals surface area contributed by atoms with Crippen LogP contribution in [0.2, 0.25) is 0 Å². The van der Waals surface area contributed by atoms with E-state index in [1.54, 1.807) is 18.2 Å². The average Bonchev–Trinajstić information content (AvgIpc) is 3.04. The number of carboxylic acid groups (broad SMARTS) is 1. The summed E-state index contributed by atoms with van der Waals surface area (Å²) in [5.74, 6) is -1.22. The molecule has 1 unspecified atom stereocenters. The monoisotopic (exact) mass is 487 g/mol. The molecule has 2 aromatic rings. The number of nitrogens with one attached hydrogen (secondary N) is 2. The van der Waals surface area contributed by atoms with Crippen LogP contribution in [0.4, 0.5) is 4.39 Å². The van der Waals surface area contributed by atoms with Crippen LogP contribution in [0.15, 0.2) is 46.1 Å². The number of aryl methyl sites for hydroxylation is 1. The van der Waals surface area contributed by atoms with Crippen LogP contribution in [0.3, 0.4) is 0 Å². The minimum absolute atomic E-state index is 0.107. The summed E-state index contributed by atoms with van der Waals surface area (Å²) in [6.07, 6.45) is -5.75. The molecule has 0 bridgehead atoms. The lowest BCUT2D eigenvalue weighted by molar-refractivity contribution is -0.138. The van der Waals surface area contributed by atoms with Crippen molar-refractivity contribution >= 4 is 13.7 Å². The third kappa shape index (κ3) is 5.75. The van der Waals surface area contributed by atoms with E-state index >= 15 is 0 Å². The van der Waals surface area contributed by atoms with Gasteiger partial charge in [-0.25, -0.2) is 13.8 Å². The van der Waals surface area contributed by atoms with E-state index in [0.29, 0.717) is 0 Å². The topological polar surface area (TPSA) is 169 Å². The van der Waals surface area contributed by atoms with Crippen molar-refractivity contribution in [3.63, 3.8) is 0 Å². The minimum Gasteiger partial charge on any atom is -0.480 e. The molecule has 1 aromatic heterocycles. The highest BCUT2D eigenvalue weighted by Gasteiger charge is 2.47. The number of aliphatic hydroxyl groups excluding tert-OH is 1. The Morgan fingerprint density at radius 1 is 1.36 bits per heavy atom. The lowest BCUT2D eigenvalue weighted by Gasteiger charge is -2.24. The van der Waals surface area contributed by atoms with Gasteiger partial charge in [0.05, 0.1) is 6.61 Å². The minimum atomic E-state index is -4.33. The normalized spacial score (nSPS) is 25.3. The van der Waals surface area contributed by atoms with Crippen LogP contribution in [0.1, 0.15) is 18.7 Å². The molecule has 0 radical (unpaired) electrons. The number of alkyl halides is 1. The second-order valence-corrected chi connectivity index (χ2v) is 9.06. The molecule has 1 fully saturated rings. The number of H-pyrrole nitrogens is 1. The fourth-order valence-corrected chi connectivity index (χ4v) is 4.52. The highest BCUT2D eigenvalue weighted by atomic mass is 31.2. The number of halogens is 1. The third-order valence-electron chi connectivity index (χ3n) is 4.81. The van der Waals surface area contributed by atoms with Gasteiger partial charge in [-0.3, -0.25) is 23.7 Å². The lowest BCUT2D eigenvalue weighted by Crippen LogP contribution is -2.37. The molecule has 14 heteroatoms. The standard InChI is InChI=1S/C19H23FN3O9P/c1-10-8-23(19(28)21-16(10)25)17-14(20)15(24)13(31-17)9-30-33(29,22-11(2)18(26)27)32-12-6-4-3-5-7-12/h3-8,11,13-15,17,24H,9H2,1-2H3,(H,22,29)(H,26,27)(H,21,25,28)/t11-,13-,14+,15-,17-,33?/m0/s1. The Labute approximate surface area is 186 Å². The zero-order valence-electron chi connectivity index (χ0n) is 17.6. The molecule has 0 aliphatic carbocycles. The van der Waals surface area contributed by atoms with Crippen LogP contribution < -0.4 is 20.9 Å². The van der Waals surface area contributed by atoms with Gasteiger partial charge in [0.15, 0.2) is 12.4 Å². The van der Waals surface area contributed by atoms with Crippen LogP contribution in [0.25, 0.3) is 0 Å². The number of para-hydroxylation sites is 1. The molecule has 12 nitrogen and oxygen atoms in total. The number of benzene rings is 1. The number of carbonyl (C=O) groups is 1. The summed E-state index contributed by atoms with van der Waals surface area (Å²) in [6.45, 7) is 1.95. The number of hydrogen-bond acceptors (Lipinski definition) is 8. The van der Waals surface area contributed by atoms with E-state index < -0.39 is 62.2 Å². The van der Waals surface area contributed by atoms with Gasteiger partial charge in [-0.2, -0.15) is 5.09 Å². The summed E-state index contributed by atoms with van der Waals surface area (Å²) in [7, 11) is -4.33. The summed E-state index contributed by atoms with van der Waals surface area (Å²) in [6, 6.07) is 6.44. The fraction of sp³-hybridized carbons (Fsp3) is 0.421. The highest BCUT2D eigenvalue weighted by Crippen LogP contribution is 2.46. The smallest absolute Gasteiger partial charge is 0.459 e. The molecular weight excluding hydrogens is 464 g/mol. The number of carboxylic acids is 1. The number of aromatic amines is 1. The number of ether oxygens (including phenoxy) is 1. The second kappa shape index (κ2) is 9.98. The maximum Gasteiger partial charge on any atom is 0.459 e. The van der Waals surface area contributed by atoms with E-state index in [9.17, 15) is 28.4 Å². The number of rotatable bonds is 9. The first-order chi connectivity index (χ1) is 15.5. The quantitative estimate of drug-likeness (QED) is 0.370. The molecular formula is C19H23FN3O9P. The van der Waals surface area contributed by atoms with Gasteiger partial charge >= 0.3 is 19.4 Å². The molecule has 3 rings (SSSR count). The Bertz CT molecular complexity index is 1160. The maximum absolute atomic E-state index is 14.7. The van der Waals surface area contributed by atoms with Gasteiger partial charge in [-0.05, 0) is 26.0 Å². The first-order valence-electron chi connectivity index (χ1n) is 9.80. The molecule has 0 saturated carbocycles. The Balaban J connectivity index is 1.78.